The number of anilines is 1. The molecule has 98 valence electrons. The van der Waals surface area contributed by atoms with Gasteiger partial charge in [0.2, 0.25) is 5.91 Å². The number of halogens is 1. The number of aromatic nitrogens is 1. The van der Waals surface area contributed by atoms with Crippen LogP contribution >= 0.6 is 15.9 Å². The number of carbonyl (C=O) groups is 2. The van der Waals surface area contributed by atoms with Crippen LogP contribution in [0.15, 0.2) is 41.0 Å². The van der Waals surface area contributed by atoms with Gasteiger partial charge in [-0.05, 0) is 33.6 Å². The molecule has 0 radical (unpaired) electrons. The molecule has 0 fully saturated rings. The van der Waals surface area contributed by atoms with Gasteiger partial charge in [0.05, 0.1) is 6.42 Å². The number of amides is 2. The molecule has 0 atom stereocenters. The van der Waals surface area contributed by atoms with Gasteiger partial charge in [-0.3, -0.25) is 9.59 Å². The minimum absolute atomic E-state index is 0.0882. The van der Waals surface area contributed by atoms with Crippen molar-refractivity contribution in [2.45, 2.75) is 6.42 Å². The van der Waals surface area contributed by atoms with E-state index in [1.54, 1.807) is 36.5 Å². The summed E-state index contributed by atoms with van der Waals surface area (Å²) >= 11 is 3.26. The number of rotatable bonds is 4. The number of hydrogen-bond donors (Lipinski definition) is 3. The summed E-state index contributed by atoms with van der Waals surface area (Å²) in [5.41, 5.74) is 6.88. The molecule has 1 heterocycles. The first-order valence-electron chi connectivity index (χ1n) is 5.58. The van der Waals surface area contributed by atoms with Gasteiger partial charge >= 0.3 is 0 Å². The highest BCUT2D eigenvalue weighted by atomic mass is 79.9. The lowest BCUT2D eigenvalue weighted by Gasteiger charge is -2.09. The number of carbonyl (C=O) groups excluding carboxylic acids is 2. The lowest BCUT2D eigenvalue weighted by molar-refractivity contribution is -0.117. The van der Waals surface area contributed by atoms with Crippen molar-refractivity contribution in [3.05, 3.63) is 52.3 Å². The molecule has 0 bridgehead atoms. The topological polar surface area (TPSA) is 88.0 Å². The summed E-state index contributed by atoms with van der Waals surface area (Å²) < 4.78 is 0.795. The average Bonchev–Trinajstić information content (AvgIpc) is 2.78. The van der Waals surface area contributed by atoms with Crippen LogP contribution in [0.2, 0.25) is 0 Å². The second-order valence-electron chi connectivity index (χ2n) is 3.99. The molecule has 6 heteroatoms. The summed E-state index contributed by atoms with van der Waals surface area (Å²) in [5, 5.41) is 2.75. The Morgan fingerprint density at radius 2 is 2.05 bits per heavy atom. The van der Waals surface area contributed by atoms with Crippen molar-refractivity contribution in [3.8, 4) is 0 Å². The minimum Gasteiger partial charge on any atom is -0.369 e. The van der Waals surface area contributed by atoms with E-state index in [0.717, 1.165) is 4.47 Å². The number of nitrogens with one attached hydrogen (secondary N) is 2. The minimum atomic E-state index is -0.440. The molecular formula is C13H12BrN3O2. The highest BCUT2D eigenvalue weighted by Crippen LogP contribution is 2.17. The molecule has 0 aliphatic heterocycles. The third kappa shape index (κ3) is 3.45. The Bertz CT molecular complexity index is 622. The van der Waals surface area contributed by atoms with E-state index in [1.165, 1.54) is 0 Å². The van der Waals surface area contributed by atoms with E-state index in [1.807, 2.05) is 0 Å². The first-order valence-corrected chi connectivity index (χ1v) is 6.37. The Morgan fingerprint density at radius 3 is 2.68 bits per heavy atom. The maximum absolute atomic E-state index is 12.0. The number of benzene rings is 1. The molecule has 0 aliphatic rings. The van der Waals surface area contributed by atoms with Gasteiger partial charge in [-0.2, -0.15) is 0 Å². The predicted octanol–water partition coefficient (Wildman–Crippen LogP) is 2.06. The molecule has 0 spiro atoms. The molecule has 0 unspecified atom stereocenters. The molecule has 5 nitrogen and oxygen atoms in total. The van der Waals surface area contributed by atoms with E-state index in [-0.39, 0.29) is 12.3 Å². The zero-order chi connectivity index (χ0) is 13.8. The number of hydrogen-bond acceptors (Lipinski definition) is 2. The fraction of sp³-hybridized carbons (Fsp3) is 0.0769. The van der Waals surface area contributed by atoms with Gasteiger partial charge in [0.15, 0.2) is 0 Å². The average molecular weight is 322 g/mol. The van der Waals surface area contributed by atoms with Crippen molar-refractivity contribution in [2.75, 3.05) is 5.32 Å². The molecular weight excluding hydrogens is 310 g/mol. The van der Waals surface area contributed by atoms with Crippen molar-refractivity contribution in [1.82, 2.24) is 4.98 Å². The third-order valence-electron chi connectivity index (χ3n) is 2.52. The maximum Gasteiger partial charge on any atom is 0.272 e. The highest BCUT2D eigenvalue weighted by molar-refractivity contribution is 9.10. The second-order valence-corrected chi connectivity index (χ2v) is 4.90. The largest absolute Gasteiger partial charge is 0.369 e. The van der Waals surface area contributed by atoms with Crippen molar-refractivity contribution < 1.29 is 9.59 Å². The zero-order valence-corrected chi connectivity index (χ0v) is 11.5. The molecule has 19 heavy (non-hydrogen) atoms. The first kappa shape index (κ1) is 13.4. The predicted molar refractivity (Wildman–Crippen MR) is 75.8 cm³/mol. The summed E-state index contributed by atoms with van der Waals surface area (Å²) in [6, 6.07) is 8.73. The Morgan fingerprint density at radius 1 is 1.32 bits per heavy atom. The fourth-order valence-corrected chi connectivity index (χ4v) is 2.02. The number of para-hydroxylation sites is 1. The van der Waals surface area contributed by atoms with E-state index in [0.29, 0.717) is 16.9 Å². The van der Waals surface area contributed by atoms with Crippen LogP contribution in [0, 0.1) is 0 Å². The fourth-order valence-electron chi connectivity index (χ4n) is 1.67. The molecule has 2 amide bonds. The normalized spacial score (nSPS) is 10.2. The molecule has 1 aromatic heterocycles. The molecule has 2 aromatic rings. The van der Waals surface area contributed by atoms with E-state index < -0.39 is 5.91 Å². The smallest absolute Gasteiger partial charge is 0.272 e. The monoisotopic (exact) mass is 321 g/mol. The zero-order valence-electron chi connectivity index (χ0n) is 9.94. The molecule has 0 aliphatic carbocycles. The van der Waals surface area contributed by atoms with Crippen LogP contribution in [0.5, 0.6) is 0 Å². The van der Waals surface area contributed by atoms with Gasteiger partial charge in [-0.1, -0.05) is 18.2 Å². The standard InChI is InChI=1S/C13H12BrN3O2/c14-9-6-11(16-7-9)13(19)17-10-4-2-1-3-8(10)5-12(15)18/h1-4,6-7,16H,5H2,(H2,15,18)(H,17,19). The van der Waals surface area contributed by atoms with Crippen LogP contribution in [0.1, 0.15) is 16.1 Å². The lowest BCUT2D eigenvalue weighted by atomic mass is 10.1. The van der Waals surface area contributed by atoms with Crippen molar-refractivity contribution in [3.63, 3.8) is 0 Å². The molecule has 4 N–H and O–H groups in total. The van der Waals surface area contributed by atoms with Crippen LogP contribution in [-0.2, 0) is 11.2 Å². The van der Waals surface area contributed by atoms with Gasteiger partial charge in [-0.15, -0.1) is 0 Å². The number of primary amides is 1. The van der Waals surface area contributed by atoms with Gasteiger partial charge in [-0.25, -0.2) is 0 Å². The van der Waals surface area contributed by atoms with E-state index >= 15 is 0 Å². The van der Waals surface area contributed by atoms with Crippen LogP contribution in [0.4, 0.5) is 5.69 Å². The molecule has 1 aromatic carbocycles. The first-order chi connectivity index (χ1) is 9.06. The van der Waals surface area contributed by atoms with Crippen LogP contribution in [-0.4, -0.2) is 16.8 Å². The van der Waals surface area contributed by atoms with E-state index in [9.17, 15) is 9.59 Å². The van der Waals surface area contributed by atoms with E-state index in [4.69, 9.17) is 5.73 Å². The quantitative estimate of drug-likeness (QED) is 0.804. The highest BCUT2D eigenvalue weighted by Gasteiger charge is 2.11. The summed E-state index contributed by atoms with van der Waals surface area (Å²) in [4.78, 5) is 25.8. The number of nitrogens with two attached hydrogens (primary N) is 1. The van der Waals surface area contributed by atoms with Gasteiger partial charge < -0.3 is 16.0 Å². The van der Waals surface area contributed by atoms with E-state index in [2.05, 4.69) is 26.2 Å². The maximum atomic E-state index is 12.0. The Kier molecular flexibility index (Phi) is 4.01. The summed E-state index contributed by atoms with van der Waals surface area (Å²) in [6.45, 7) is 0. The Hall–Kier alpha value is -2.08. The number of aromatic amines is 1. The second kappa shape index (κ2) is 5.71. The SMILES string of the molecule is NC(=O)Cc1ccccc1NC(=O)c1cc(Br)c[nH]1. The van der Waals surface area contributed by atoms with Crippen LogP contribution in [0.25, 0.3) is 0 Å². The summed E-state index contributed by atoms with van der Waals surface area (Å²) in [7, 11) is 0. The van der Waals surface area contributed by atoms with Gasteiger partial charge in [0, 0.05) is 16.4 Å². The summed E-state index contributed by atoms with van der Waals surface area (Å²) in [6.07, 6.45) is 1.76. The molecule has 0 saturated carbocycles. The van der Waals surface area contributed by atoms with Gasteiger partial charge in [0.1, 0.15) is 5.69 Å². The third-order valence-corrected chi connectivity index (χ3v) is 2.98. The van der Waals surface area contributed by atoms with Crippen molar-refractivity contribution >= 4 is 33.4 Å². The van der Waals surface area contributed by atoms with Crippen LogP contribution < -0.4 is 11.1 Å². The molecule has 2 rings (SSSR count). The lowest BCUT2D eigenvalue weighted by Crippen LogP contribution is -2.17. The molecule has 0 saturated heterocycles. The van der Waals surface area contributed by atoms with Crippen molar-refractivity contribution in [1.29, 1.82) is 0 Å². The summed E-state index contributed by atoms with van der Waals surface area (Å²) in [5.74, 6) is -0.716. The van der Waals surface area contributed by atoms with Crippen molar-refractivity contribution in [2.24, 2.45) is 5.73 Å². The van der Waals surface area contributed by atoms with Crippen LogP contribution in [0.3, 0.4) is 0 Å². The number of H-pyrrole nitrogens is 1. The van der Waals surface area contributed by atoms with Gasteiger partial charge in [0.25, 0.3) is 5.91 Å². The Labute approximate surface area is 118 Å². The Balaban J connectivity index is 2.19.